The van der Waals surface area contributed by atoms with Crippen LogP contribution in [0.3, 0.4) is 0 Å². The number of hydrogen-bond acceptors (Lipinski definition) is 3. The van der Waals surface area contributed by atoms with E-state index in [0.29, 0.717) is 31.4 Å². The Kier molecular flexibility index (Phi) is 6.49. The SMILES string of the molecule is CCO[Si](Cc1ccccc1F)(OCC)OCC. The van der Waals surface area contributed by atoms with Gasteiger partial charge in [0.05, 0.1) is 0 Å². The van der Waals surface area contributed by atoms with Crippen LogP contribution in [0.1, 0.15) is 26.3 Å². The minimum absolute atomic E-state index is 0.242. The molecular weight excluding hydrogens is 251 g/mol. The zero-order valence-electron chi connectivity index (χ0n) is 11.2. The topological polar surface area (TPSA) is 27.7 Å². The van der Waals surface area contributed by atoms with Crippen molar-refractivity contribution in [3.8, 4) is 0 Å². The largest absolute Gasteiger partial charge is 0.505 e. The molecule has 0 atom stereocenters. The van der Waals surface area contributed by atoms with Crippen LogP contribution in [0, 0.1) is 5.82 Å². The molecule has 0 saturated heterocycles. The third-order valence-corrected chi connectivity index (χ3v) is 5.46. The first-order valence-corrected chi connectivity index (χ1v) is 8.26. The van der Waals surface area contributed by atoms with Crippen LogP contribution in [0.25, 0.3) is 0 Å². The lowest BCUT2D eigenvalue weighted by Gasteiger charge is -2.28. The summed E-state index contributed by atoms with van der Waals surface area (Å²) in [5.74, 6) is -0.242. The molecular formula is C13H21FO3Si. The lowest BCUT2D eigenvalue weighted by atomic mass is 10.2. The zero-order valence-corrected chi connectivity index (χ0v) is 12.2. The molecule has 18 heavy (non-hydrogen) atoms. The van der Waals surface area contributed by atoms with Gasteiger partial charge in [-0.15, -0.1) is 0 Å². The quantitative estimate of drug-likeness (QED) is 0.681. The van der Waals surface area contributed by atoms with Crippen LogP contribution >= 0.6 is 0 Å². The van der Waals surface area contributed by atoms with E-state index in [1.807, 2.05) is 20.8 Å². The fourth-order valence-corrected chi connectivity index (χ4v) is 4.44. The van der Waals surface area contributed by atoms with Gasteiger partial charge in [0, 0.05) is 25.9 Å². The highest BCUT2D eigenvalue weighted by Crippen LogP contribution is 2.19. The van der Waals surface area contributed by atoms with Crippen molar-refractivity contribution in [3.63, 3.8) is 0 Å². The summed E-state index contributed by atoms with van der Waals surface area (Å²) in [5, 5.41) is 0. The smallest absolute Gasteiger partial charge is 0.374 e. The monoisotopic (exact) mass is 272 g/mol. The first-order valence-electron chi connectivity index (χ1n) is 6.32. The van der Waals surface area contributed by atoms with Gasteiger partial charge in [-0.2, -0.15) is 0 Å². The summed E-state index contributed by atoms with van der Waals surface area (Å²) in [6.45, 7) is 7.17. The molecule has 1 aromatic carbocycles. The average molecular weight is 272 g/mol. The Morgan fingerprint density at radius 1 is 0.944 bits per heavy atom. The molecule has 0 aromatic heterocycles. The molecule has 1 aromatic rings. The maximum atomic E-state index is 13.7. The van der Waals surface area contributed by atoms with E-state index in [9.17, 15) is 4.39 Å². The van der Waals surface area contributed by atoms with Gasteiger partial charge >= 0.3 is 8.80 Å². The molecule has 0 spiro atoms. The van der Waals surface area contributed by atoms with Gasteiger partial charge in [-0.3, -0.25) is 0 Å². The van der Waals surface area contributed by atoms with Gasteiger partial charge in [-0.1, -0.05) is 18.2 Å². The standard InChI is InChI=1S/C13H21FO3Si/c1-4-15-18(16-5-2,17-6-3)11-12-9-7-8-10-13(12)14/h7-10H,4-6,11H2,1-3H3. The van der Waals surface area contributed by atoms with Crippen LogP contribution in [0.5, 0.6) is 0 Å². The van der Waals surface area contributed by atoms with Crippen molar-refractivity contribution in [2.45, 2.75) is 26.8 Å². The van der Waals surface area contributed by atoms with Gasteiger partial charge in [0.25, 0.3) is 0 Å². The number of hydrogen-bond donors (Lipinski definition) is 0. The van der Waals surface area contributed by atoms with E-state index in [4.69, 9.17) is 13.3 Å². The van der Waals surface area contributed by atoms with Crippen molar-refractivity contribution < 1.29 is 17.7 Å². The second-order valence-electron chi connectivity index (χ2n) is 3.75. The van der Waals surface area contributed by atoms with Crippen molar-refractivity contribution in [2.75, 3.05) is 19.8 Å². The molecule has 0 radical (unpaired) electrons. The zero-order chi connectivity index (χ0) is 13.4. The normalized spacial score (nSPS) is 11.8. The Labute approximate surface area is 109 Å². The molecule has 5 heteroatoms. The molecule has 3 nitrogen and oxygen atoms in total. The van der Waals surface area contributed by atoms with Gasteiger partial charge in [-0.05, 0) is 32.4 Å². The van der Waals surface area contributed by atoms with Crippen molar-refractivity contribution in [2.24, 2.45) is 0 Å². The summed E-state index contributed by atoms with van der Waals surface area (Å²) in [7, 11) is -2.81. The van der Waals surface area contributed by atoms with Gasteiger partial charge in [0.1, 0.15) is 5.82 Å². The summed E-state index contributed by atoms with van der Waals surface area (Å²) in [4.78, 5) is 0. The number of rotatable bonds is 8. The van der Waals surface area contributed by atoms with Crippen LogP contribution in [-0.2, 0) is 19.3 Å². The molecule has 102 valence electrons. The molecule has 0 aliphatic rings. The number of halogens is 1. The average Bonchev–Trinajstić information content (AvgIpc) is 2.33. The summed E-state index contributed by atoms with van der Waals surface area (Å²) >= 11 is 0. The Hall–Kier alpha value is -0.753. The van der Waals surface area contributed by atoms with E-state index in [0.717, 1.165) is 0 Å². The fraction of sp³-hybridized carbons (Fsp3) is 0.538. The molecule has 0 fully saturated rings. The van der Waals surface area contributed by atoms with Gasteiger partial charge < -0.3 is 13.3 Å². The molecule has 0 amide bonds. The van der Waals surface area contributed by atoms with E-state index in [-0.39, 0.29) is 5.82 Å². The van der Waals surface area contributed by atoms with Gasteiger partial charge in [-0.25, -0.2) is 4.39 Å². The third-order valence-electron chi connectivity index (χ3n) is 2.46. The Balaban J connectivity index is 2.91. The van der Waals surface area contributed by atoms with E-state index in [2.05, 4.69) is 0 Å². The van der Waals surface area contributed by atoms with E-state index >= 15 is 0 Å². The van der Waals surface area contributed by atoms with Crippen LogP contribution in [0.2, 0.25) is 0 Å². The third kappa shape index (κ3) is 4.17. The second-order valence-corrected chi connectivity index (χ2v) is 6.34. The molecule has 0 saturated carbocycles. The predicted molar refractivity (Wildman–Crippen MR) is 70.7 cm³/mol. The Bertz CT molecular complexity index is 343. The lowest BCUT2D eigenvalue weighted by Crippen LogP contribution is -2.48. The van der Waals surface area contributed by atoms with Crippen LogP contribution in [0.4, 0.5) is 4.39 Å². The fourth-order valence-electron chi connectivity index (χ4n) is 1.81. The maximum absolute atomic E-state index is 13.7. The van der Waals surface area contributed by atoms with Crippen molar-refractivity contribution >= 4 is 8.80 Å². The first-order chi connectivity index (χ1) is 8.67. The molecule has 0 N–H and O–H groups in total. The summed E-state index contributed by atoms with van der Waals surface area (Å²) in [6, 6.07) is 7.03. The number of benzene rings is 1. The van der Waals surface area contributed by atoms with Crippen molar-refractivity contribution in [1.82, 2.24) is 0 Å². The molecule has 0 unspecified atom stereocenters. The lowest BCUT2D eigenvalue weighted by molar-refractivity contribution is 0.0701. The molecule has 1 rings (SSSR count). The highest BCUT2D eigenvalue weighted by molar-refractivity contribution is 6.60. The second kappa shape index (κ2) is 7.63. The minimum atomic E-state index is -2.81. The summed E-state index contributed by atoms with van der Waals surface area (Å²) < 4.78 is 30.8. The van der Waals surface area contributed by atoms with E-state index < -0.39 is 8.80 Å². The van der Waals surface area contributed by atoms with Crippen molar-refractivity contribution in [1.29, 1.82) is 0 Å². The van der Waals surface area contributed by atoms with Crippen LogP contribution in [-0.4, -0.2) is 28.6 Å². The molecule has 0 bridgehead atoms. The van der Waals surface area contributed by atoms with Gasteiger partial charge in [0.15, 0.2) is 0 Å². The summed E-state index contributed by atoms with van der Waals surface area (Å²) in [5.41, 5.74) is 0.583. The van der Waals surface area contributed by atoms with E-state index in [1.165, 1.54) is 6.07 Å². The van der Waals surface area contributed by atoms with Crippen molar-refractivity contribution in [3.05, 3.63) is 35.6 Å². The molecule has 0 aliphatic heterocycles. The highest BCUT2D eigenvalue weighted by Gasteiger charge is 2.41. The predicted octanol–water partition coefficient (Wildman–Crippen LogP) is 2.96. The molecule has 0 heterocycles. The highest BCUT2D eigenvalue weighted by atomic mass is 28.4. The minimum Gasteiger partial charge on any atom is -0.374 e. The Morgan fingerprint density at radius 2 is 1.44 bits per heavy atom. The summed E-state index contributed by atoms with van der Waals surface area (Å²) in [6.07, 6.45) is 0. The van der Waals surface area contributed by atoms with Gasteiger partial charge in [0.2, 0.25) is 0 Å². The Morgan fingerprint density at radius 3 is 1.89 bits per heavy atom. The maximum Gasteiger partial charge on any atom is 0.505 e. The van der Waals surface area contributed by atoms with Crippen LogP contribution in [0.15, 0.2) is 24.3 Å². The first kappa shape index (κ1) is 15.3. The van der Waals surface area contributed by atoms with Crippen LogP contribution < -0.4 is 0 Å². The van der Waals surface area contributed by atoms with E-state index in [1.54, 1.807) is 18.2 Å². The molecule has 0 aliphatic carbocycles.